The van der Waals surface area contributed by atoms with E-state index in [2.05, 4.69) is 15.3 Å². The van der Waals surface area contributed by atoms with E-state index in [4.69, 9.17) is 0 Å². The summed E-state index contributed by atoms with van der Waals surface area (Å²) in [7, 11) is 0. The molecule has 0 radical (unpaired) electrons. The van der Waals surface area contributed by atoms with Crippen LogP contribution >= 0.6 is 11.8 Å². The Hall–Kier alpha value is -2.80. The molecule has 2 heterocycles. The number of H-pyrrole nitrogens is 1. The number of hydrogen-bond acceptors (Lipinski definition) is 4. The minimum absolute atomic E-state index is 0.0442. The van der Waals surface area contributed by atoms with E-state index in [0.717, 1.165) is 39.5 Å². The number of aromatic nitrogens is 2. The summed E-state index contributed by atoms with van der Waals surface area (Å²) in [6.45, 7) is 2.27. The molecule has 0 saturated carbocycles. The van der Waals surface area contributed by atoms with Crippen molar-refractivity contribution in [2.45, 2.75) is 18.5 Å². The van der Waals surface area contributed by atoms with Crippen molar-refractivity contribution in [3.63, 3.8) is 0 Å². The number of hydrogen-bond donors (Lipinski definition) is 2. The number of amides is 2. The maximum atomic E-state index is 12.2. The van der Waals surface area contributed by atoms with Gasteiger partial charge in [0, 0.05) is 24.8 Å². The first-order valence-corrected chi connectivity index (χ1v) is 9.37. The first kappa shape index (κ1) is 16.7. The first-order chi connectivity index (χ1) is 12.6. The molecule has 6 nitrogen and oxygen atoms in total. The van der Waals surface area contributed by atoms with Crippen molar-refractivity contribution in [2.75, 3.05) is 22.5 Å². The Bertz CT molecular complexity index is 965. The van der Waals surface area contributed by atoms with Crippen LogP contribution in [0.25, 0.3) is 11.0 Å². The number of nitrogens with zero attached hydrogens (tertiary/aromatic N) is 2. The first-order valence-electron chi connectivity index (χ1n) is 8.38. The van der Waals surface area contributed by atoms with Gasteiger partial charge < -0.3 is 15.2 Å². The number of benzene rings is 2. The lowest BCUT2D eigenvalue weighted by atomic mass is 10.1. The number of fused-ring (bicyclic) bond motifs is 2. The molecule has 1 aromatic heterocycles. The van der Waals surface area contributed by atoms with Crippen LogP contribution in [0.4, 0.5) is 11.4 Å². The molecule has 0 spiro atoms. The Balaban J connectivity index is 1.38. The quantitative estimate of drug-likeness (QED) is 0.695. The fraction of sp³-hybridized carbons (Fsp3) is 0.211. The van der Waals surface area contributed by atoms with E-state index in [1.807, 2.05) is 42.5 Å². The summed E-state index contributed by atoms with van der Waals surface area (Å²) in [6, 6.07) is 13.5. The Morgan fingerprint density at radius 1 is 1.27 bits per heavy atom. The molecule has 1 aliphatic heterocycles. The zero-order valence-electron chi connectivity index (χ0n) is 14.3. The third-order valence-electron chi connectivity index (χ3n) is 4.35. The van der Waals surface area contributed by atoms with Crippen LogP contribution in [0.3, 0.4) is 0 Å². The largest absolute Gasteiger partial charge is 0.333 e. The van der Waals surface area contributed by atoms with E-state index in [9.17, 15) is 9.59 Å². The molecule has 0 bridgehead atoms. The Kier molecular flexibility index (Phi) is 4.38. The standard InChI is InChI=1S/C19H18N4O2S/c1-12(24)23-9-8-13-10-14(6-7-17(13)23)20-18(25)11-26-19-21-15-4-2-3-5-16(15)22-19/h2-7,10H,8-9,11H2,1H3,(H,20,25)(H,21,22). The molecule has 7 heteroatoms. The normalized spacial score (nSPS) is 13.0. The molecule has 0 saturated heterocycles. The molecule has 0 unspecified atom stereocenters. The second-order valence-corrected chi connectivity index (χ2v) is 7.12. The molecule has 0 aliphatic carbocycles. The monoisotopic (exact) mass is 366 g/mol. The van der Waals surface area contributed by atoms with Gasteiger partial charge in [0.2, 0.25) is 11.8 Å². The van der Waals surface area contributed by atoms with Gasteiger partial charge in [-0.2, -0.15) is 0 Å². The number of thioether (sulfide) groups is 1. The minimum Gasteiger partial charge on any atom is -0.333 e. The second-order valence-electron chi connectivity index (χ2n) is 6.16. The average molecular weight is 366 g/mol. The predicted molar refractivity (Wildman–Crippen MR) is 104 cm³/mol. The zero-order valence-corrected chi connectivity index (χ0v) is 15.1. The third kappa shape index (κ3) is 3.30. The van der Waals surface area contributed by atoms with Crippen molar-refractivity contribution >= 4 is 46.0 Å². The minimum atomic E-state index is -0.0863. The van der Waals surface area contributed by atoms with E-state index in [-0.39, 0.29) is 17.6 Å². The SMILES string of the molecule is CC(=O)N1CCc2cc(NC(=O)CSc3nc4ccccc4[nH]3)ccc21. The third-order valence-corrected chi connectivity index (χ3v) is 5.22. The van der Waals surface area contributed by atoms with E-state index in [1.165, 1.54) is 11.8 Å². The molecule has 4 rings (SSSR count). The highest BCUT2D eigenvalue weighted by Crippen LogP contribution is 2.30. The van der Waals surface area contributed by atoms with Gasteiger partial charge in [0.05, 0.1) is 16.8 Å². The highest BCUT2D eigenvalue weighted by atomic mass is 32.2. The van der Waals surface area contributed by atoms with Crippen LogP contribution < -0.4 is 10.2 Å². The van der Waals surface area contributed by atoms with Crippen molar-refractivity contribution in [3.05, 3.63) is 48.0 Å². The van der Waals surface area contributed by atoms with Gasteiger partial charge in [0.15, 0.2) is 5.16 Å². The number of nitrogens with one attached hydrogen (secondary N) is 2. The van der Waals surface area contributed by atoms with Gasteiger partial charge in [-0.3, -0.25) is 9.59 Å². The highest BCUT2D eigenvalue weighted by Gasteiger charge is 2.22. The smallest absolute Gasteiger partial charge is 0.234 e. The fourth-order valence-electron chi connectivity index (χ4n) is 3.14. The van der Waals surface area contributed by atoms with Crippen LogP contribution in [0, 0.1) is 0 Å². The number of imidazole rings is 1. The molecule has 2 aromatic carbocycles. The maximum absolute atomic E-state index is 12.2. The Labute approximate surface area is 155 Å². The van der Waals surface area contributed by atoms with E-state index in [0.29, 0.717) is 6.54 Å². The van der Waals surface area contributed by atoms with Gasteiger partial charge >= 0.3 is 0 Å². The highest BCUT2D eigenvalue weighted by molar-refractivity contribution is 7.99. The van der Waals surface area contributed by atoms with Crippen LogP contribution in [0.15, 0.2) is 47.6 Å². The predicted octanol–water partition coefficient (Wildman–Crippen LogP) is 3.20. The summed E-state index contributed by atoms with van der Waals surface area (Å²) in [5, 5.41) is 3.64. The molecule has 2 N–H and O–H groups in total. The molecule has 3 aromatic rings. The zero-order chi connectivity index (χ0) is 18.1. The van der Waals surface area contributed by atoms with Gasteiger partial charge in [-0.1, -0.05) is 23.9 Å². The molecule has 0 fully saturated rings. The molecule has 2 amide bonds. The summed E-state index contributed by atoms with van der Waals surface area (Å²) in [4.78, 5) is 33.3. The van der Waals surface area contributed by atoms with Crippen molar-refractivity contribution in [1.29, 1.82) is 0 Å². The Morgan fingerprint density at radius 3 is 2.92 bits per heavy atom. The lowest BCUT2D eigenvalue weighted by molar-refractivity contribution is -0.116. The van der Waals surface area contributed by atoms with Gasteiger partial charge in [0.1, 0.15) is 0 Å². The fourth-order valence-corrected chi connectivity index (χ4v) is 3.82. The van der Waals surface area contributed by atoms with Crippen molar-refractivity contribution < 1.29 is 9.59 Å². The van der Waals surface area contributed by atoms with Crippen LogP contribution in [0.2, 0.25) is 0 Å². The van der Waals surface area contributed by atoms with Gasteiger partial charge in [-0.25, -0.2) is 4.98 Å². The van der Waals surface area contributed by atoms with Crippen LogP contribution in [-0.4, -0.2) is 34.1 Å². The number of carbonyl (C=O) groups is 2. The molecule has 132 valence electrons. The number of aromatic amines is 1. The molecule has 1 aliphatic rings. The van der Waals surface area contributed by atoms with Gasteiger partial charge in [0.25, 0.3) is 0 Å². The topological polar surface area (TPSA) is 78.1 Å². The lowest BCUT2D eigenvalue weighted by Crippen LogP contribution is -2.25. The van der Waals surface area contributed by atoms with E-state index < -0.39 is 0 Å². The average Bonchev–Trinajstić information content (AvgIpc) is 3.23. The molecular weight excluding hydrogens is 348 g/mol. The summed E-state index contributed by atoms with van der Waals surface area (Å²) < 4.78 is 0. The number of rotatable bonds is 4. The van der Waals surface area contributed by atoms with Crippen molar-refractivity contribution in [2.24, 2.45) is 0 Å². The number of anilines is 2. The molecular formula is C19H18N4O2S. The summed E-state index contributed by atoms with van der Waals surface area (Å²) in [5.74, 6) is 0.232. The van der Waals surface area contributed by atoms with Crippen LogP contribution in [0.5, 0.6) is 0 Å². The summed E-state index contributed by atoms with van der Waals surface area (Å²) >= 11 is 1.37. The second kappa shape index (κ2) is 6.84. The van der Waals surface area contributed by atoms with E-state index in [1.54, 1.807) is 11.8 Å². The van der Waals surface area contributed by atoms with Crippen LogP contribution in [-0.2, 0) is 16.0 Å². The van der Waals surface area contributed by atoms with Crippen molar-refractivity contribution in [1.82, 2.24) is 9.97 Å². The van der Waals surface area contributed by atoms with Gasteiger partial charge in [-0.05, 0) is 42.3 Å². The number of carbonyl (C=O) groups excluding carboxylic acids is 2. The maximum Gasteiger partial charge on any atom is 0.234 e. The van der Waals surface area contributed by atoms with Crippen molar-refractivity contribution in [3.8, 4) is 0 Å². The summed E-state index contributed by atoms with van der Waals surface area (Å²) in [5.41, 5.74) is 4.63. The molecule has 0 atom stereocenters. The Morgan fingerprint density at radius 2 is 2.12 bits per heavy atom. The lowest BCUT2D eigenvalue weighted by Gasteiger charge is -2.15. The summed E-state index contributed by atoms with van der Waals surface area (Å²) in [6.07, 6.45) is 0.812. The molecule has 26 heavy (non-hydrogen) atoms. The van der Waals surface area contributed by atoms with Gasteiger partial charge in [-0.15, -0.1) is 0 Å². The number of para-hydroxylation sites is 2. The van der Waals surface area contributed by atoms with Crippen LogP contribution in [0.1, 0.15) is 12.5 Å². The van der Waals surface area contributed by atoms with E-state index >= 15 is 0 Å².